The van der Waals surface area contributed by atoms with Crippen LogP contribution in [0.15, 0.2) is 27.1 Å². The van der Waals surface area contributed by atoms with E-state index in [1.807, 2.05) is 11.6 Å². The molecule has 0 saturated heterocycles. The van der Waals surface area contributed by atoms with Crippen LogP contribution in [0.1, 0.15) is 23.9 Å². The summed E-state index contributed by atoms with van der Waals surface area (Å²) in [7, 11) is 0. The Morgan fingerprint density at radius 3 is 2.58 bits per heavy atom. The molecular weight excluding hydrogens is 370 g/mol. The van der Waals surface area contributed by atoms with Crippen molar-refractivity contribution in [1.82, 2.24) is 9.78 Å². The zero-order valence-electron chi connectivity index (χ0n) is 11.3. The van der Waals surface area contributed by atoms with Gasteiger partial charge in [-0.1, -0.05) is 15.9 Å². The van der Waals surface area contributed by atoms with E-state index in [4.69, 9.17) is 0 Å². The second-order valence-electron chi connectivity index (χ2n) is 4.53. The Bertz CT molecular complexity index is 570. The molecule has 0 radical (unpaired) electrons. The van der Waals surface area contributed by atoms with Crippen molar-refractivity contribution in [3.05, 3.63) is 44.1 Å². The Kier molecular flexibility index (Phi) is 4.68. The molecule has 2 rings (SSSR count). The van der Waals surface area contributed by atoms with Crippen LogP contribution in [0.2, 0.25) is 0 Å². The summed E-state index contributed by atoms with van der Waals surface area (Å²) in [6, 6.07) is 6.32. The maximum atomic E-state index is 4.50. The third-order valence-corrected chi connectivity index (χ3v) is 4.44. The van der Waals surface area contributed by atoms with E-state index in [1.165, 1.54) is 11.3 Å². The molecule has 5 heteroatoms. The van der Waals surface area contributed by atoms with Crippen LogP contribution in [0, 0.1) is 13.8 Å². The molecule has 0 atom stereocenters. The molecule has 0 saturated carbocycles. The van der Waals surface area contributed by atoms with E-state index in [0.717, 1.165) is 33.4 Å². The average molecular weight is 387 g/mol. The number of rotatable bonds is 4. The Morgan fingerprint density at radius 1 is 1.21 bits per heavy atom. The molecule has 0 aliphatic rings. The van der Waals surface area contributed by atoms with Gasteiger partial charge < -0.3 is 5.32 Å². The van der Waals surface area contributed by atoms with Gasteiger partial charge in [0.05, 0.1) is 22.4 Å². The van der Waals surface area contributed by atoms with Gasteiger partial charge in [-0.15, -0.1) is 0 Å². The predicted molar refractivity (Wildman–Crippen MR) is 86.5 cm³/mol. The van der Waals surface area contributed by atoms with E-state index in [1.54, 1.807) is 0 Å². The zero-order chi connectivity index (χ0) is 14.0. The predicted octanol–water partition coefficient (Wildman–Crippen LogP) is 4.66. The number of aromatic nitrogens is 2. The second-order valence-corrected chi connectivity index (χ2v) is 6.24. The quantitative estimate of drug-likeness (QED) is 0.828. The minimum atomic E-state index is 0.755. The lowest BCUT2D eigenvalue weighted by atomic mass is 10.2. The molecule has 0 aliphatic carbocycles. The lowest BCUT2D eigenvalue weighted by Gasteiger charge is -2.10. The SMILES string of the molecule is CCn1nc(C)c(Br)c1CNc1cc(C)cc(Br)c1. The van der Waals surface area contributed by atoms with Crippen molar-refractivity contribution in [2.75, 3.05) is 5.32 Å². The molecule has 1 heterocycles. The number of hydrogen-bond donors (Lipinski definition) is 1. The maximum absolute atomic E-state index is 4.50. The molecule has 0 fully saturated rings. The smallest absolute Gasteiger partial charge is 0.0739 e. The van der Waals surface area contributed by atoms with Gasteiger partial charge in [-0.25, -0.2) is 0 Å². The zero-order valence-corrected chi connectivity index (χ0v) is 14.5. The lowest BCUT2D eigenvalue weighted by Crippen LogP contribution is -2.08. The number of anilines is 1. The minimum absolute atomic E-state index is 0.755. The van der Waals surface area contributed by atoms with Gasteiger partial charge in [-0.3, -0.25) is 4.68 Å². The van der Waals surface area contributed by atoms with Crippen molar-refractivity contribution in [3.63, 3.8) is 0 Å². The second kappa shape index (κ2) is 6.09. The molecule has 0 spiro atoms. The van der Waals surface area contributed by atoms with Crippen molar-refractivity contribution >= 4 is 37.5 Å². The van der Waals surface area contributed by atoms with Gasteiger partial charge in [0.25, 0.3) is 0 Å². The van der Waals surface area contributed by atoms with Gasteiger partial charge in [0.15, 0.2) is 0 Å². The van der Waals surface area contributed by atoms with Gasteiger partial charge in [-0.2, -0.15) is 5.10 Å². The first kappa shape index (κ1) is 14.6. The fourth-order valence-electron chi connectivity index (χ4n) is 2.06. The minimum Gasteiger partial charge on any atom is -0.379 e. The average Bonchev–Trinajstić information content (AvgIpc) is 2.62. The van der Waals surface area contributed by atoms with Gasteiger partial charge in [0, 0.05) is 16.7 Å². The summed E-state index contributed by atoms with van der Waals surface area (Å²) in [5.74, 6) is 0. The van der Waals surface area contributed by atoms with E-state index in [9.17, 15) is 0 Å². The van der Waals surface area contributed by atoms with Crippen molar-refractivity contribution in [3.8, 4) is 0 Å². The number of hydrogen-bond acceptors (Lipinski definition) is 2. The molecule has 0 amide bonds. The van der Waals surface area contributed by atoms with Gasteiger partial charge >= 0.3 is 0 Å². The third kappa shape index (κ3) is 3.39. The van der Waals surface area contributed by atoms with Crippen LogP contribution in [0.4, 0.5) is 5.69 Å². The first-order valence-corrected chi connectivity index (χ1v) is 7.82. The molecular formula is C14H17Br2N3. The Hall–Kier alpha value is -0.810. The number of nitrogens with zero attached hydrogens (tertiary/aromatic N) is 2. The Morgan fingerprint density at radius 2 is 1.95 bits per heavy atom. The van der Waals surface area contributed by atoms with Crippen LogP contribution in [-0.4, -0.2) is 9.78 Å². The summed E-state index contributed by atoms with van der Waals surface area (Å²) in [6.07, 6.45) is 0. The Balaban J connectivity index is 2.18. The highest BCUT2D eigenvalue weighted by atomic mass is 79.9. The van der Waals surface area contributed by atoms with E-state index in [-0.39, 0.29) is 0 Å². The maximum Gasteiger partial charge on any atom is 0.0739 e. The fraction of sp³-hybridized carbons (Fsp3) is 0.357. The monoisotopic (exact) mass is 385 g/mol. The summed E-state index contributed by atoms with van der Waals surface area (Å²) >= 11 is 7.13. The highest BCUT2D eigenvalue weighted by Crippen LogP contribution is 2.24. The number of benzene rings is 1. The summed E-state index contributed by atoms with van der Waals surface area (Å²) in [6.45, 7) is 7.84. The topological polar surface area (TPSA) is 29.9 Å². The number of nitrogens with one attached hydrogen (secondary N) is 1. The van der Waals surface area contributed by atoms with Crippen LogP contribution in [0.5, 0.6) is 0 Å². The molecule has 1 N–H and O–H groups in total. The molecule has 1 aromatic carbocycles. The molecule has 19 heavy (non-hydrogen) atoms. The van der Waals surface area contributed by atoms with Crippen molar-refractivity contribution in [2.24, 2.45) is 0 Å². The van der Waals surface area contributed by atoms with Crippen LogP contribution in [-0.2, 0) is 13.1 Å². The van der Waals surface area contributed by atoms with Crippen molar-refractivity contribution < 1.29 is 0 Å². The van der Waals surface area contributed by atoms with Gasteiger partial charge in [0.1, 0.15) is 0 Å². The highest BCUT2D eigenvalue weighted by Gasteiger charge is 2.11. The van der Waals surface area contributed by atoms with E-state index in [0.29, 0.717) is 0 Å². The summed E-state index contributed by atoms with van der Waals surface area (Å²) in [5.41, 5.74) is 4.55. The standard InChI is InChI=1S/C14H17Br2N3/c1-4-19-13(14(16)10(3)18-19)8-17-12-6-9(2)5-11(15)7-12/h5-7,17H,4,8H2,1-3H3. The molecule has 0 bridgehead atoms. The molecule has 2 aromatic rings. The number of aryl methyl sites for hydroxylation is 3. The van der Waals surface area contributed by atoms with E-state index in [2.05, 4.69) is 74.3 Å². The molecule has 3 nitrogen and oxygen atoms in total. The molecule has 0 aliphatic heterocycles. The number of halogens is 2. The third-order valence-electron chi connectivity index (χ3n) is 2.95. The fourth-order valence-corrected chi connectivity index (χ4v) is 3.09. The molecule has 102 valence electrons. The normalized spacial score (nSPS) is 10.8. The lowest BCUT2D eigenvalue weighted by molar-refractivity contribution is 0.622. The molecule has 1 aromatic heterocycles. The van der Waals surface area contributed by atoms with E-state index < -0.39 is 0 Å². The largest absolute Gasteiger partial charge is 0.379 e. The van der Waals surface area contributed by atoms with Crippen LogP contribution in [0.3, 0.4) is 0 Å². The van der Waals surface area contributed by atoms with Gasteiger partial charge in [-0.05, 0) is 60.5 Å². The first-order chi connectivity index (χ1) is 9.01. The Labute approximate surface area is 130 Å². The van der Waals surface area contributed by atoms with Crippen molar-refractivity contribution in [2.45, 2.75) is 33.9 Å². The van der Waals surface area contributed by atoms with E-state index >= 15 is 0 Å². The summed E-state index contributed by atoms with van der Waals surface area (Å²) in [5, 5.41) is 7.95. The molecule has 0 unspecified atom stereocenters. The summed E-state index contributed by atoms with van der Waals surface area (Å²) < 4.78 is 4.21. The van der Waals surface area contributed by atoms with Gasteiger partial charge in [0.2, 0.25) is 0 Å². The van der Waals surface area contributed by atoms with Crippen molar-refractivity contribution in [1.29, 1.82) is 0 Å². The highest BCUT2D eigenvalue weighted by molar-refractivity contribution is 9.10. The summed E-state index contributed by atoms with van der Waals surface area (Å²) in [4.78, 5) is 0. The van der Waals surface area contributed by atoms with Crippen LogP contribution < -0.4 is 5.32 Å². The van der Waals surface area contributed by atoms with Crippen LogP contribution >= 0.6 is 31.9 Å². The van der Waals surface area contributed by atoms with Crippen LogP contribution in [0.25, 0.3) is 0 Å². The first-order valence-electron chi connectivity index (χ1n) is 6.24.